The van der Waals surface area contributed by atoms with Gasteiger partial charge in [-0.1, -0.05) is 0 Å². The van der Waals surface area contributed by atoms with E-state index in [1.54, 1.807) is 14.2 Å². The van der Waals surface area contributed by atoms with Crippen LogP contribution in [0.2, 0.25) is 0 Å². The molecule has 1 fully saturated rings. The highest BCUT2D eigenvalue weighted by Crippen LogP contribution is 2.36. The molecule has 0 bridgehead atoms. The van der Waals surface area contributed by atoms with Crippen LogP contribution in [0.1, 0.15) is 12.8 Å². The predicted octanol–water partition coefficient (Wildman–Crippen LogP) is 3.47. The molecule has 7 nitrogen and oxygen atoms in total. The second-order valence-electron chi connectivity index (χ2n) is 8.36. The van der Waals surface area contributed by atoms with E-state index in [0.29, 0.717) is 18.9 Å². The highest BCUT2D eigenvalue weighted by molar-refractivity contribution is 5.95. The Bertz CT molecular complexity index is 1100. The first-order chi connectivity index (χ1) is 16.1. The van der Waals surface area contributed by atoms with Gasteiger partial charge in [0.1, 0.15) is 18.1 Å². The first-order valence-electron chi connectivity index (χ1n) is 11.4. The van der Waals surface area contributed by atoms with Crippen molar-refractivity contribution in [2.24, 2.45) is 5.92 Å². The lowest BCUT2D eigenvalue weighted by molar-refractivity contribution is -0.121. The second kappa shape index (κ2) is 10.5. The third kappa shape index (κ3) is 5.37. The molecule has 1 aliphatic heterocycles. The topological polar surface area (TPSA) is 75.7 Å². The zero-order valence-electron chi connectivity index (χ0n) is 19.6. The van der Waals surface area contributed by atoms with Gasteiger partial charge in [0.2, 0.25) is 5.91 Å². The minimum absolute atomic E-state index is 0.101. The van der Waals surface area contributed by atoms with E-state index in [1.165, 1.54) is 0 Å². The summed E-state index contributed by atoms with van der Waals surface area (Å²) in [5.74, 6) is 2.08. The van der Waals surface area contributed by atoms with Gasteiger partial charge < -0.3 is 25.0 Å². The van der Waals surface area contributed by atoms with E-state index in [2.05, 4.69) is 27.7 Å². The molecule has 2 N–H and O–H groups in total. The average Bonchev–Trinajstić information content (AvgIpc) is 3.31. The van der Waals surface area contributed by atoms with E-state index in [1.807, 2.05) is 43.4 Å². The Hall–Kier alpha value is -3.32. The van der Waals surface area contributed by atoms with E-state index in [9.17, 15) is 4.79 Å². The maximum atomic E-state index is 11.9. The number of carbonyl (C=O) groups is 1. The minimum Gasteiger partial charge on any atom is -0.497 e. The quantitative estimate of drug-likeness (QED) is 0.488. The number of hydrogen-bond acceptors (Lipinski definition) is 6. The first-order valence-corrected chi connectivity index (χ1v) is 11.4. The Morgan fingerprint density at radius 1 is 1.12 bits per heavy atom. The van der Waals surface area contributed by atoms with Gasteiger partial charge >= 0.3 is 0 Å². The molecule has 33 heavy (non-hydrogen) atoms. The molecular formula is C26H32N4O3. The largest absolute Gasteiger partial charge is 0.497 e. The molecule has 1 atom stereocenters. The number of carbonyl (C=O) groups excluding carboxylic acids is 1. The molecule has 0 spiro atoms. The fourth-order valence-electron chi connectivity index (χ4n) is 4.30. The average molecular weight is 449 g/mol. The highest BCUT2D eigenvalue weighted by atomic mass is 16.5. The zero-order valence-corrected chi connectivity index (χ0v) is 19.6. The number of rotatable bonds is 9. The van der Waals surface area contributed by atoms with Gasteiger partial charge in [0.25, 0.3) is 0 Å². The van der Waals surface area contributed by atoms with Crippen molar-refractivity contribution in [1.82, 2.24) is 15.6 Å². The summed E-state index contributed by atoms with van der Waals surface area (Å²) in [5.41, 5.74) is 3.97. The van der Waals surface area contributed by atoms with Crippen LogP contribution in [0.4, 0.5) is 5.69 Å². The molecule has 1 aliphatic rings. The van der Waals surface area contributed by atoms with Gasteiger partial charge in [0.05, 0.1) is 18.3 Å². The summed E-state index contributed by atoms with van der Waals surface area (Å²) in [7, 11) is 5.27. The van der Waals surface area contributed by atoms with Gasteiger partial charge in [0, 0.05) is 55.8 Å². The summed E-state index contributed by atoms with van der Waals surface area (Å²) < 4.78 is 11.2. The van der Waals surface area contributed by atoms with E-state index >= 15 is 0 Å². The molecule has 7 heteroatoms. The molecule has 1 unspecified atom stereocenters. The Balaban J connectivity index is 1.66. The summed E-state index contributed by atoms with van der Waals surface area (Å²) in [5, 5.41) is 6.91. The molecule has 0 saturated carbocycles. The van der Waals surface area contributed by atoms with Crippen molar-refractivity contribution in [1.29, 1.82) is 0 Å². The number of amides is 1. The third-order valence-electron chi connectivity index (χ3n) is 6.15. The van der Waals surface area contributed by atoms with Crippen LogP contribution in [0, 0.1) is 5.92 Å². The van der Waals surface area contributed by atoms with E-state index < -0.39 is 0 Å². The minimum atomic E-state index is 0.101. The van der Waals surface area contributed by atoms with Crippen molar-refractivity contribution in [2.75, 3.05) is 52.3 Å². The van der Waals surface area contributed by atoms with Gasteiger partial charge in [-0.3, -0.25) is 4.79 Å². The van der Waals surface area contributed by atoms with Crippen molar-refractivity contribution in [2.45, 2.75) is 12.8 Å². The molecule has 1 aromatic heterocycles. The molecule has 2 heterocycles. The third-order valence-corrected chi connectivity index (χ3v) is 6.15. The lowest BCUT2D eigenvalue weighted by Crippen LogP contribution is -2.24. The lowest BCUT2D eigenvalue weighted by atomic mass is 10.0. The van der Waals surface area contributed by atoms with Crippen LogP contribution >= 0.6 is 0 Å². The maximum absolute atomic E-state index is 11.9. The number of methoxy groups -OCH3 is 1. The fourth-order valence-corrected chi connectivity index (χ4v) is 4.30. The van der Waals surface area contributed by atoms with Crippen molar-refractivity contribution < 1.29 is 14.3 Å². The summed E-state index contributed by atoms with van der Waals surface area (Å²) in [6.07, 6.45) is 1.56. The number of fused-ring (bicyclic) bond motifs is 1. The van der Waals surface area contributed by atoms with Crippen molar-refractivity contribution >= 4 is 22.5 Å². The fraction of sp³-hybridized carbons (Fsp3) is 0.385. The van der Waals surface area contributed by atoms with Gasteiger partial charge in [0.15, 0.2) is 0 Å². The molecule has 2 aromatic carbocycles. The number of anilines is 1. The molecule has 1 saturated heterocycles. The predicted molar refractivity (Wildman–Crippen MR) is 132 cm³/mol. The van der Waals surface area contributed by atoms with Crippen molar-refractivity contribution in [3.8, 4) is 22.8 Å². The van der Waals surface area contributed by atoms with Crippen LogP contribution in [0.3, 0.4) is 0 Å². The lowest BCUT2D eigenvalue weighted by Gasteiger charge is -2.22. The number of ether oxygens (including phenoxy) is 2. The molecule has 174 valence electrons. The van der Waals surface area contributed by atoms with Gasteiger partial charge in [-0.25, -0.2) is 4.98 Å². The Morgan fingerprint density at radius 2 is 1.91 bits per heavy atom. The molecule has 0 radical (unpaired) electrons. The number of hydrogen-bond donors (Lipinski definition) is 2. The smallest absolute Gasteiger partial charge is 0.220 e. The summed E-state index contributed by atoms with van der Waals surface area (Å²) in [4.78, 5) is 19.2. The van der Waals surface area contributed by atoms with Crippen LogP contribution < -0.4 is 25.0 Å². The van der Waals surface area contributed by atoms with Gasteiger partial charge in [-0.05, 0) is 61.9 Å². The van der Waals surface area contributed by atoms with E-state index in [0.717, 1.165) is 65.4 Å². The van der Waals surface area contributed by atoms with Crippen LogP contribution in [0.25, 0.3) is 22.2 Å². The SMILES string of the molecule is CNCCOc1ccc(-c2cc(N3CCC(CC(=O)NC)C3)c3ccc(OC)cc3n2)cc1. The number of nitrogens with one attached hydrogen (secondary N) is 2. The number of likely N-dealkylation sites (N-methyl/N-ethyl adjacent to an activating group) is 1. The van der Waals surface area contributed by atoms with Crippen LogP contribution in [0.15, 0.2) is 48.5 Å². The number of nitrogens with zero attached hydrogens (tertiary/aromatic N) is 2. The summed E-state index contributed by atoms with van der Waals surface area (Å²) in [6.45, 7) is 3.21. The summed E-state index contributed by atoms with van der Waals surface area (Å²) >= 11 is 0. The Labute approximate surface area is 195 Å². The van der Waals surface area contributed by atoms with Crippen molar-refractivity contribution in [3.63, 3.8) is 0 Å². The Morgan fingerprint density at radius 3 is 2.64 bits per heavy atom. The maximum Gasteiger partial charge on any atom is 0.220 e. The van der Waals surface area contributed by atoms with Gasteiger partial charge in [-0.2, -0.15) is 0 Å². The molecule has 0 aliphatic carbocycles. The first kappa shape index (κ1) is 22.9. The van der Waals surface area contributed by atoms with Gasteiger partial charge in [-0.15, -0.1) is 0 Å². The molecule has 4 rings (SSSR count). The summed E-state index contributed by atoms with van der Waals surface area (Å²) in [6, 6.07) is 16.3. The number of benzene rings is 2. The zero-order chi connectivity index (χ0) is 23.2. The molecular weight excluding hydrogens is 416 g/mol. The number of aromatic nitrogens is 1. The van der Waals surface area contributed by atoms with E-state index in [4.69, 9.17) is 14.5 Å². The van der Waals surface area contributed by atoms with E-state index in [-0.39, 0.29) is 5.91 Å². The van der Waals surface area contributed by atoms with Crippen molar-refractivity contribution in [3.05, 3.63) is 48.5 Å². The van der Waals surface area contributed by atoms with Crippen LogP contribution in [-0.2, 0) is 4.79 Å². The Kier molecular flexibility index (Phi) is 7.29. The number of pyridine rings is 1. The highest BCUT2D eigenvalue weighted by Gasteiger charge is 2.26. The standard InChI is InChI=1S/C26H32N4O3/c1-27-11-13-33-20-6-4-19(5-7-20)23-16-25(22-9-8-21(32-3)15-24(22)29-23)30-12-10-18(17-30)14-26(31)28-2/h4-9,15-16,18,27H,10-14,17H2,1-3H3,(H,28,31). The monoisotopic (exact) mass is 448 g/mol. The normalized spacial score (nSPS) is 15.6. The van der Waals surface area contributed by atoms with Crippen LogP contribution in [-0.4, -0.2) is 58.3 Å². The second-order valence-corrected chi connectivity index (χ2v) is 8.36. The van der Waals surface area contributed by atoms with Crippen LogP contribution in [0.5, 0.6) is 11.5 Å². The molecule has 1 amide bonds. The molecule has 3 aromatic rings.